The summed E-state index contributed by atoms with van der Waals surface area (Å²) in [5.74, 6) is -0.399. The Hall–Kier alpha value is -3.84. The highest BCUT2D eigenvalue weighted by Gasteiger charge is 2.36. The van der Waals surface area contributed by atoms with Gasteiger partial charge in [-0.15, -0.1) is 0 Å². The molecule has 0 bridgehead atoms. The van der Waals surface area contributed by atoms with Crippen LogP contribution < -0.4 is 19.7 Å². The highest BCUT2D eigenvalue weighted by molar-refractivity contribution is 6.34. The van der Waals surface area contributed by atoms with Gasteiger partial charge in [-0.05, 0) is 42.5 Å². The number of hydrogen-bond acceptors (Lipinski definition) is 5. The number of carbonyl (C=O) groups excluding carboxylic acids is 3. The van der Waals surface area contributed by atoms with Crippen LogP contribution in [0.15, 0.2) is 60.7 Å². The number of halogens is 1. The average molecular weight is 435 g/mol. The second-order valence-corrected chi connectivity index (χ2v) is 7.39. The van der Waals surface area contributed by atoms with Gasteiger partial charge in [-0.2, -0.15) is 0 Å². The van der Waals surface area contributed by atoms with E-state index in [0.29, 0.717) is 52.8 Å². The number of carbonyl (C=O) groups is 3. The number of hydrogen-bond donors (Lipinski definition) is 1. The molecule has 0 saturated carbocycles. The van der Waals surface area contributed by atoms with Gasteiger partial charge < -0.3 is 14.8 Å². The molecule has 154 valence electrons. The van der Waals surface area contributed by atoms with Crippen molar-refractivity contribution >= 4 is 40.7 Å². The maximum absolute atomic E-state index is 12.8. The molecule has 0 radical (unpaired) electrons. The molecule has 3 aromatic carbocycles. The summed E-state index contributed by atoms with van der Waals surface area (Å²) in [5, 5.41) is 3.04. The number of ether oxygens (including phenoxy) is 2. The van der Waals surface area contributed by atoms with Crippen LogP contribution in [0, 0.1) is 0 Å². The molecule has 0 saturated heterocycles. The van der Waals surface area contributed by atoms with Gasteiger partial charge in [0, 0.05) is 11.3 Å². The summed E-state index contributed by atoms with van der Waals surface area (Å²) in [7, 11) is 0. The first-order chi connectivity index (χ1) is 15.0. The summed E-state index contributed by atoms with van der Waals surface area (Å²) >= 11 is 6.22. The van der Waals surface area contributed by atoms with Crippen molar-refractivity contribution in [1.82, 2.24) is 0 Å². The highest BCUT2D eigenvalue weighted by atomic mass is 35.5. The van der Waals surface area contributed by atoms with E-state index >= 15 is 0 Å². The van der Waals surface area contributed by atoms with Crippen LogP contribution in [0.25, 0.3) is 0 Å². The number of anilines is 2. The van der Waals surface area contributed by atoms with Crippen LogP contribution in [0.1, 0.15) is 31.1 Å². The number of fused-ring (bicyclic) bond motifs is 2. The molecule has 0 spiro atoms. The van der Waals surface area contributed by atoms with E-state index in [-0.39, 0.29) is 5.02 Å². The molecule has 7 nitrogen and oxygen atoms in total. The van der Waals surface area contributed by atoms with Gasteiger partial charge in [0.1, 0.15) is 13.2 Å². The second-order valence-electron chi connectivity index (χ2n) is 6.98. The van der Waals surface area contributed by atoms with Gasteiger partial charge in [-0.3, -0.25) is 14.4 Å². The summed E-state index contributed by atoms with van der Waals surface area (Å²) < 4.78 is 11.0. The molecule has 0 aromatic heterocycles. The standard InChI is InChI=1S/C23H15ClN2O5/c24-18-10-13(11-19-20(18)31-9-8-30-19)21(27)25-14-4-3-5-15(12-14)26-22(28)16-6-1-2-7-17(16)23(26)29/h1-7,10-12H,8-9H2,(H,25,27). The molecular weight excluding hydrogens is 420 g/mol. The fourth-order valence-electron chi connectivity index (χ4n) is 3.59. The van der Waals surface area contributed by atoms with E-state index in [4.69, 9.17) is 21.1 Å². The van der Waals surface area contributed by atoms with E-state index in [1.807, 2.05) is 0 Å². The molecule has 3 aromatic rings. The van der Waals surface area contributed by atoms with E-state index in [2.05, 4.69) is 5.32 Å². The quantitative estimate of drug-likeness (QED) is 0.625. The zero-order valence-electron chi connectivity index (χ0n) is 16.1. The van der Waals surface area contributed by atoms with Crippen LogP contribution in [0.3, 0.4) is 0 Å². The van der Waals surface area contributed by atoms with E-state index in [1.165, 1.54) is 6.07 Å². The van der Waals surface area contributed by atoms with Crippen molar-refractivity contribution in [3.63, 3.8) is 0 Å². The fourth-order valence-corrected chi connectivity index (χ4v) is 3.86. The van der Waals surface area contributed by atoms with Gasteiger partial charge in [0.2, 0.25) is 0 Å². The third-order valence-corrected chi connectivity index (χ3v) is 5.30. The van der Waals surface area contributed by atoms with E-state index in [9.17, 15) is 14.4 Å². The number of rotatable bonds is 3. The van der Waals surface area contributed by atoms with Gasteiger partial charge in [-0.25, -0.2) is 4.90 Å². The summed E-state index contributed by atoms with van der Waals surface area (Å²) in [4.78, 5) is 39.3. The Morgan fingerprint density at radius 3 is 2.35 bits per heavy atom. The lowest BCUT2D eigenvalue weighted by Crippen LogP contribution is -2.29. The minimum atomic E-state index is -0.418. The number of nitrogens with one attached hydrogen (secondary N) is 1. The summed E-state index contributed by atoms with van der Waals surface area (Å²) in [6, 6.07) is 16.2. The van der Waals surface area contributed by atoms with Crippen molar-refractivity contribution in [2.75, 3.05) is 23.4 Å². The van der Waals surface area contributed by atoms with Crippen LogP contribution in [0.2, 0.25) is 5.02 Å². The molecule has 5 rings (SSSR count). The Morgan fingerprint density at radius 2 is 1.61 bits per heavy atom. The molecule has 0 aliphatic carbocycles. The largest absolute Gasteiger partial charge is 0.486 e. The zero-order valence-corrected chi connectivity index (χ0v) is 16.8. The van der Waals surface area contributed by atoms with Gasteiger partial charge in [-0.1, -0.05) is 29.8 Å². The average Bonchev–Trinajstić information content (AvgIpc) is 3.04. The van der Waals surface area contributed by atoms with Crippen LogP contribution in [0.4, 0.5) is 11.4 Å². The second kappa shape index (κ2) is 7.45. The highest BCUT2D eigenvalue weighted by Crippen LogP contribution is 2.38. The first-order valence-electron chi connectivity index (χ1n) is 9.51. The van der Waals surface area contributed by atoms with E-state index in [1.54, 1.807) is 54.6 Å². The number of benzene rings is 3. The first kappa shape index (κ1) is 19.1. The molecule has 2 heterocycles. The molecule has 0 unspecified atom stereocenters. The van der Waals surface area contributed by atoms with Crippen molar-refractivity contribution in [1.29, 1.82) is 0 Å². The van der Waals surface area contributed by atoms with Crippen molar-refractivity contribution in [2.24, 2.45) is 0 Å². The summed E-state index contributed by atoms with van der Waals surface area (Å²) in [6.45, 7) is 0.763. The Labute approximate surface area is 182 Å². The van der Waals surface area contributed by atoms with Gasteiger partial charge >= 0.3 is 0 Å². The van der Waals surface area contributed by atoms with Crippen LogP contribution in [-0.2, 0) is 0 Å². The Kier molecular flexibility index (Phi) is 4.60. The molecule has 1 N–H and O–H groups in total. The summed E-state index contributed by atoms with van der Waals surface area (Å²) in [5.41, 5.74) is 1.79. The fraction of sp³-hybridized carbons (Fsp3) is 0.0870. The number of imide groups is 1. The van der Waals surface area contributed by atoms with Gasteiger partial charge in [0.25, 0.3) is 17.7 Å². The first-order valence-corrected chi connectivity index (χ1v) is 9.89. The minimum Gasteiger partial charge on any atom is -0.486 e. The van der Waals surface area contributed by atoms with Crippen molar-refractivity contribution in [3.05, 3.63) is 82.4 Å². The van der Waals surface area contributed by atoms with Crippen LogP contribution in [0.5, 0.6) is 11.5 Å². The van der Waals surface area contributed by atoms with Crippen LogP contribution in [-0.4, -0.2) is 30.9 Å². The lowest BCUT2D eigenvalue weighted by molar-refractivity contribution is 0.0925. The molecule has 2 aliphatic heterocycles. The topological polar surface area (TPSA) is 84.9 Å². The third-order valence-electron chi connectivity index (χ3n) is 5.02. The third kappa shape index (κ3) is 3.29. The molecular formula is C23H15ClN2O5. The van der Waals surface area contributed by atoms with Gasteiger partial charge in [0.05, 0.1) is 21.8 Å². The van der Waals surface area contributed by atoms with Crippen molar-refractivity contribution in [2.45, 2.75) is 0 Å². The van der Waals surface area contributed by atoms with Crippen LogP contribution >= 0.6 is 11.6 Å². The molecule has 8 heteroatoms. The lowest BCUT2D eigenvalue weighted by Gasteiger charge is -2.20. The molecule has 0 fully saturated rings. The predicted octanol–water partition coefficient (Wildman–Crippen LogP) is 4.16. The SMILES string of the molecule is O=C(Nc1cccc(N2C(=O)c3ccccc3C2=O)c1)c1cc(Cl)c2c(c1)OCCO2. The van der Waals surface area contributed by atoms with Gasteiger partial charge in [0.15, 0.2) is 11.5 Å². The van der Waals surface area contributed by atoms with E-state index < -0.39 is 17.7 Å². The Bertz CT molecular complexity index is 1220. The van der Waals surface area contributed by atoms with Crippen molar-refractivity contribution in [3.8, 4) is 11.5 Å². The number of nitrogens with zero attached hydrogens (tertiary/aromatic N) is 1. The molecule has 0 atom stereocenters. The maximum Gasteiger partial charge on any atom is 0.266 e. The molecule has 2 aliphatic rings. The summed E-state index contributed by atoms with van der Waals surface area (Å²) in [6.07, 6.45) is 0. The Morgan fingerprint density at radius 1 is 0.903 bits per heavy atom. The maximum atomic E-state index is 12.8. The molecule has 3 amide bonds. The van der Waals surface area contributed by atoms with Crippen molar-refractivity contribution < 1.29 is 23.9 Å². The smallest absolute Gasteiger partial charge is 0.266 e. The Balaban J connectivity index is 1.41. The predicted molar refractivity (Wildman–Crippen MR) is 114 cm³/mol. The molecule has 31 heavy (non-hydrogen) atoms. The van der Waals surface area contributed by atoms with E-state index in [0.717, 1.165) is 4.90 Å². The zero-order chi connectivity index (χ0) is 21.5. The number of amides is 3. The monoisotopic (exact) mass is 434 g/mol. The minimum absolute atomic E-state index is 0.280. The normalized spacial score (nSPS) is 14.4. The lowest BCUT2D eigenvalue weighted by atomic mass is 10.1.